The fourth-order valence-corrected chi connectivity index (χ4v) is 3.35. The highest BCUT2D eigenvalue weighted by Crippen LogP contribution is 2.25. The number of nitrogens with one attached hydrogen (secondary N) is 3. The molecular weight excluding hydrogens is 314 g/mol. The normalized spacial score (nSPS) is 16.1. The number of amides is 1. The highest BCUT2D eigenvalue weighted by molar-refractivity contribution is 7.92. The van der Waals surface area contributed by atoms with E-state index in [1.54, 1.807) is 18.2 Å². The van der Waals surface area contributed by atoms with Crippen molar-refractivity contribution in [3.8, 4) is 0 Å². The highest BCUT2D eigenvalue weighted by atomic mass is 32.2. The van der Waals surface area contributed by atoms with E-state index < -0.39 is 10.0 Å². The molecule has 3 N–H and O–H groups in total. The van der Waals surface area contributed by atoms with Crippen LogP contribution in [0.3, 0.4) is 0 Å². The van der Waals surface area contributed by atoms with Gasteiger partial charge >= 0.3 is 0 Å². The average molecular weight is 339 g/mol. The Morgan fingerprint density at radius 2 is 1.96 bits per heavy atom. The van der Waals surface area contributed by atoms with Gasteiger partial charge in [-0.2, -0.15) is 0 Å². The lowest BCUT2D eigenvalue weighted by atomic mass is 9.93. The molecule has 1 amide bonds. The Balaban J connectivity index is 1.97. The van der Waals surface area contributed by atoms with Crippen molar-refractivity contribution in [2.75, 3.05) is 29.4 Å². The van der Waals surface area contributed by atoms with Gasteiger partial charge in [0.05, 0.1) is 17.6 Å². The van der Waals surface area contributed by atoms with Crippen LogP contribution in [0.4, 0.5) is 11.4 Å². The van der Waals surface area contributed by atoms with Crippen LogP contribution in [0.25, 0.3) is 0 Å². The maximum atomic E-state index is 12.2. The number of aryl methyl sites for hydroxylation is 1. The van der Waals surface area contributed by atoms with E-state index in [0.717, 1.165) is 44.2 Å². The van der Waals surface area contributed by atoms with Gasteiger partial charge in [-0.1, -0.05) is 6.07 Å². The molecule has 0 bridgehead atoms. The number of carbonyl (C=O) groups excluding carboxylic acids is 1. The third kappa shape index (κ3) is 6.19. The van der Waals surface area contributed by atoms with Crippen LogP contribution >= 0.6 is 0 Å². The van der Waals surface area contributed by atoms with Crippen LogP contribution in [0.15, 0.2) is 18.2 Å². The van der Waals surface area contributed by atoms with Gasteiger partial charge in [-0.3, -0.25) is 9.52 Å². The molecule has 128 valence electrons. The second-order valence-corrected chi connectivity index (χ2v) is 7.95. The predicted molar refractivity (Wildman–Crippen MR) is 93.1 cm³/mol. The Hall–Kier alpha value is -1.60. The first kappa shape index (κ1) is 17.7. The summed E-state index contributed by atoms with van der Waals surface area (Å²) in [5.41, 5.74) is 1.86. The molecule has 0 aromatic heterocycles. The van der Waals surface area contributed by atoms with E-state index in [2.05, 4.69) is 15.4 Å². The number of benzene rings is 1. The van der Waals surface area contributed by atoms with Crippen LogP contribution in [0.1, 0.15) is 31.2 Å². The largest absolute Gasteiger partial charge is 0.324 e. The summed E-state index contributed by atoms with van der Waals surface area (Å²) >= 11 is 0. The summed E-state index contributed by atoms with van der Waals surface area (Å²) in [5.74, 6) is 0.513. The lowest BCUT2D eigenvalue weighted by Crippen LogP contribution is -2.28. The molecule has 1 aromatic rings. The summed E-state index contributed by atoms with van der Waals surface area (Å²) < 4.78 is 25.3. The van der Waals surface area contributed by atoms with Crippen molar-refractivity contribution in [2.45, 2.75) is 32.6 Å². The number of carbonyl (C=O) groups is 1. The second-order valence-electron chi connectivity index (χ2n) is 6.20. The molecule has 23 heavy (non-hydrogen) atoms. The second kappa shape index (κ2) is 7.79. The Labute approximate surface area is 138 Å². The third-order valence-electron chi connectivity index (χ3n) is 3.98. The maximum Gasteiger partial charge on any atom is 0.229 e. The van der Waals surface area contributed by atoms with E-state index in [9.17, 15) is 13.2 Å². The number of piperidine rings is 1. The Kier molecular flexibility index (Phi) is 6.01. The summed E-state index contributed by atoms with van der Waals surface area (Å²) in [5, 5.41) is 6.14. The van der Waals surface area contributed by atoms with E-state index in [-0.39, 0.29) is 5.91 Å². The standard InChI is InChI=1S/C16H25N3O3S/c1-12-3-5-14(19-23(2,21)22)15(11-12)18-16(20)6-4-13-7-9-17-10-8-13/h3,5,11,13,17,19H,4,6-10H2,1-2H3,(H,18,20). The van der Waals surface area contributed by atoms with Gasteiger partial charge in [-0.05, 0) is 62.9 Å². The van der Waals surface area contributed by atoms with Crippen molar-refractivity contribution in [2.24, 2.45) is 5.92 Å². The fraction of sp³-hybridized carbons (Fsp3) is 0.562. The summed E-state index contributed by atoms with van der Waals surface area (Å²) in [6.07, 6.45) is 4.64. The molecule has 1 heterocycles. The molecule has 0 atom stereocenters. The number of hydrogen-bond acceptors (Lipinski definition) is 4. The van der Waals surface area contributed by atoms with Gasteiger partial charge in [0, 0.05) is 6.42 Å². The molecule has 1 aromatic carbocycles. The minimum absolute atomic E-state index is 0.0781. The summed E-state index contributed by atoms with van der Waals surface area (Å²) in [7, 11) is -3.39. The maximum absolute atomic E-state index is 12.2. The number of hydrogen-bond donors (Lipinski definition) is 3. The zero-order chi connectivity index (χ0) is 16.9. The molecule has 1 aliphatic heterocycles. The van der Waals surface area contributed by atoms with Gasteiger partial charge in [0.1, 0.15) is 0 Å². The quantitative estimate of drug-likeness (QED) is 0.740. The predicted octanol–water partition coefficient (Wildman–Crippen LogP) is 2.08. The Morgan fingerprint density at radius 3 is 2.61 bits per heavy atom. The van der Waals surface area contributed by atoms with E-state index in [4.69, 9.17) is 0 Å². The fourth-order valence-electron chi connectivity index (χ4n) is 2.77. The molecule has 1 aliphatic rings. The van der Waals surface area contributed by atoms with E-state index in [1.807, 2.05) is 6.92 Å². The Bertz CT molecular complexity index is 653. The molecule has 0 saturated carbocycles. The van der Waals surface area contributed by atoms with E-state index in [1.165, 1.54) is 0 Å². The number of sulfonamides is 1. The summed E-state index contributed by atoms with van der Waals surface area (Å²) in [6, 6.07) is 5.24. The van der Waals surface area contributed by atoms with Crippen LogP contribution in [0.2, 0.25) is 0 Å². The van der Waals surface area contributed by atoms with Crippen LogP contribution in [0, 0.1) is 12.8 Å². The first-order chi connectivity index (χ1) is 10.8. The highest BCUT2D eigenvalue weighted by Gasteiger charge is 2.15. The van der Waals surface area contributed by atoms with E-state index >= 15 is 0 Å². The molecule has 2 rings (SSSR count). The molecule has 0 radical (unpaired) electrons. The van der Waals surface area contributed by atoms with Crippen LogP contribution in [-0.4, -0.2) is 33.7 Å². The first-order valence-electron chi connectivity index (χ1n) is 7.92. The Morgan fingerprint density at radius 1 is 1.26 bits per heavy atom. The average Bonchev–Trinajstić information content (AvgIpc) is 2.48. The van der Waals surface area contributed by atoms with Gasteiger partial charge in [-0.15, -0.1) is 0 Å². The summed E-state index contributed by atoms with van der Waals surface area (Å²) in [4.78, 5) is 12.2. The van der Waals surface area contributed by atoms with Crippen LogP contribution in [0.5, 0.6) is 0 Å². The van der Waals surface area contributed by atoms with Crippen molar-refractivity contribution in [3.63, 3.8) is 0 Å². The molecule has 0 spiro atoms. The van der Waals surface area contributed by atoms with Crippen molar-refractivity contribution in [1.29, 1.82) is 0 Å². The molecule has 7 heteroatoms. The van der Waals surface area contributed by atoms with Gasteiger partial charge in [0.25, 0.3) is 0 Å². The van der Waals surface area contributed by atoms with Crippen molar-refractivity contribution >= 4 is 27.3 Å². The SMILES string of the molecule is Cc1ccc(NS(C)(=O)=O)c(NC(=O)CCC2CCNCC2)c1. The summed E-state index contributed by atoms with van der Waals surface area (Å²) in [6.45, 7) is 3.94. The molecule has 6 nitrogen and oxygen atoms in total. The molecule has 0 unspecified atom stereocenters. The van der Waals surface area contributed by atoms with E-state index in [0.29, 0.717) is 23.7 Å². The smallest absolute Gasteiger partial charge is 0.229 e. The number of rotatable bonds is 6. The third-order valence-corrected chi connectivity index (χ3v) is 4.57. The van der Waals surface area contributed by atoms with Crippen molar-refractivity contribution < 1.29 is 13.2 Å². The van der Waals surface area contributed by atoms with Crippen LogP contribution < -0.4 is 15.4 Å². The first-order valence-corrected chi connectivity index (χ1v) is 9.81. The molecular formula is C16H25N3O3S. The van der Waals surface area contributed by atoms with Crippen molar-refractivity contribution in [1.82, 2.24) is 5.32 Å². The molecule has 1 saturated heterocycles. The number of anilines is 2. The van der Waals surface area contributed by atoms with Gasteiger partial charge in [0.2, 0.25) is 15.9 Å². The molecule has 1 fully saturated rings. The monoisotopic (exact) mass is 339 g/mol. The zero-order valence-corrected chi connectivity index (χ0v) is 14.5. The zero-order valence-electron chi connectivity index (χ0n) is 13.7. The molecule has 0 aliphatic carbocycles. The van der Waals surface area contributed by atoms with Crippen molar-refractivity contribution in [3.05, 3.63) is 23.8 Å². The topological polar surface area (TPSA) is 87.3 Å². The minimum Gasteiger partial charge on any atom is -0.324 e. The van der Waals surface area contributed by atoms with Gasteiger partial charge in [0.15, 0.2) is 0 Å². The lowest BCUT2D eigenvalue weighted by Gasteiger charge is -2.22. The minimum atomic E-state index is -3.39. The van der Waals surface area contributed by atoms with Gasteiger partial charge in [-0.25, -0.2) is 8.42 Å². The van der Waals surface area contributed by atoms with Crippen LogP contribution in [-0.2, 0) is 14.8 Å². The lowest BCUT2D eigenvalue weighted by molar-refractivity contribution is -0.116. The van der Waals surface area contributed by atoms with Gasteiger partial charge < -0.3 is 10.6 Å².